The molecule has 2 saturated heterocycles. The Labute approximate surface area is 161 Å². The van der Waals surface area contributed by atoms with Crippen molar-refractivity contribution in [3.63, 3.8) is 0 Å². The summed E-state index contributed by atoms with van der Waals surface area (Å²) in [5, 5.41) is 7.37. The van der Waals surface area contributed by atoms with E-state index in [4.69, 9.17) is 0 Å². The average molecular weight is 374 g/mol. The number of H-pyrrole nitrogens is 1. The summed E-state index contributed by atoms with van der Waals surface area (Å²) in [6, 6.07) is 0. The molecule has 1 aromatic heterocycles. The number of nitrogens with zero attached hydrogens (tertiary/aromatic N) is 4. The summed E-state index contributed by atoms with van der Waals surface area (Å²) in [6.45, 7) is 5.76. The first-order valence-electron chi connectivity index (χ1n) is 10.6. The number of aromatic nitrogens is 2. The first-order chi connectivity index (χ1) is 13.2. The maximum Gasteiger partial charge on any atom is 0.274 e. The van der Waals surface area contributed by atoms with Crippen molar-refractivity contribution in [1.82, 2.24) is 24.9 Å². The predicted molar refractivity (Wildman–Crippen MR) is 103 cm³/mol. The summed E-state index contributed by atoms with van der Waals surface area (Å²) in [4.78, 5) is 31.8. The number of carbonyl (C=O) groups excluding carboxylic acids is 2. The highest BCUT2D eigenvalue weighted by molar-refractivity contribution is 5.94. The smallest absolute Gasteiger partial charge is 0.274 e. The summed E-state index contributed by atoms with van der Waals surface area (Å²) in [6.07, 6.45) is 8.47. The number of amides is 2. The standard InChI is InChI=1S/C20H31N5O2/c26-18-8-11-25(15-14-24(18)13-12-23-9-4-1-5-10-23)20(27)19-16-6-2-3-7-17(16)21-22-19/h1-15H2,(H,21,22). The molecule has 0 bridgehead atoms. The molecule has 0 unspecified atom stereocenters. The van der Waals surface area contributed by atoms with E-state index in [-0.39, 0.29) is 11.8 Å². The van der Waals surface area contributed by atoms with Gasteiger partial charge in [0, 0.05) is 50.4 Å². The van der Waals surface area contributed by atoms with Gasteiger partial charge in [-0.05, 0) is 51.6 Å². The van der Waals surface area contributed by atoms with Crippen LogP contribution in [0.15, 0.2) is 0 Å². The van der Waals surface area contributed by atoms with Gasteiger partial charge >= 0.3 is 0 Å². The third-order valence-corrected chi connectivity index (χ3v) is 6.27. The van der Waals surface area contributed by atoms with Crippen molar-refractivity contribution in [2.45, 2.75) is 51.4 Å². The monoisotopic (exact) mass is 373 g/mol. The molecule has 2 fully saturated rings. The van der Waals surface area contributed by atoms with Gasteiger partial charge in [0.15, 0.2) is 5.69 Å². The van der Waals surface area contributed by atoms with Gasteiger partial charge < -0.3 is 14.7 Å². The van der Waals surface area contributed by atoms with Gasteiger partial charge in [0.05, 0.1) is 0 Å². The number of aryl methyl sites for hydroxylation is 1. The van der Waals surface area contributed by atoms with E-state index in [1.54, 1.807) is 0 Å². The third kappa shape index (κ3) is 4.18. The van der Waals surface area contributed by atoms with E-state index in [9.17, 15) is 9.59 Å². The lowest BCUT2D eigenvalue weighted by atomic mass is 9.95. The minimum absolute atomic E-state index is 0.0138. The summed E-state index contributed by atoms with van der Waals surface area (Å²) in [5.74, 6) is 0.159. The summed E-state index contributed by atoms with van der Waals surface area (Å²) in [7, 11) is 0. The van der Waals surface area contributed by atoms with Crippen LogP contribution in [0.25, 0.3) is 0 Å². The van der Waals surface area contributed by atoms with Crippen molar-refractivity contribution in [3.05, 3.63) is 17.0 Å². The zero-order valence-corrected chi connectivity index (χ0v) is 16.2. The first-order valence-corrected chi connectivity index (χ1v) is 10.6. The Hall–Kier alpha value is -1.89. The van der Waals surface area contributed by atoms with Crippen molar-refractivity contribution in [3.8, 4) is 0 Å². The van der Waals surface area contributed by atoms with E-state index in [0.29, 0.717) is 31.7 Å². The Morgan fingerprint density at radius 2 is 1.70 bits per heavy atom. The zero-order chi connectivity index (χ0) is 18.6. The predicted octanol–water partition coefficient (Wildman–Crippen LogP) is 1.45. The maximum atomic E-state index is 13.0. The Balaban J connectivity index is 1.35. The second kappa shape index (κ2) is 8.42. The number of aromatic amines is 1. The van der Waals surface area contributed by atoms with Gasteiger partial charge in [-0.2, -0.15) is 5.10 Å². The fraction of sp³-hybridized carbons (Fsp3) is 0.750. The highest BCUT2D eigenvalue weighted by atomic mass is 16.2. The lowest BCUT2D eigenvalue weighted by molar-refractivity contribution is -0.130. The largest absolute Gasteiger partial charge is 0.340 e. The molecule has 0 radical (unpaired) electrons. The number of fused-ring (bicyclic) bond motifs is 1. The molecule has 27 heavy (non-hydrogen) atoms. The molecule has 2 amide bonds. The minimum atomic E-state index is -0.0138. The molecule has 0 spiro atoms. The van der Waals surface area contributed by atoms with Crippen molar-refractivity contribution < 1.29 is 9.59 Å². The molecule has 0 saturated carbocycles. The molecule has 0 atom stereocenters. The summed E-state index contributed by atoms with van der Waals surface area (Å²) in [5.41, 5.74) is 2.81. The van der Waals surface area contributed by atoms with Gasteiger partial charge in [0.1, 0.15) is 0 Å². The van der Waals surface area contributed by atoms with Crippen LogP contribution in [0.1, 0.15) is 60.3 Å². The van der Waals surface area contributed by atoms with Gasteiger partial charge in [0.2, 0.25) is 5.91 Å². The Bertz CT molecular complexity index is 680. The van der Waals surface area contributed by atoms with Gasteiger partial charge in [-0.15, -0.1) is 0 Å². The molecule has 148 valence electrons. The number of nitrogens with one attached hydrogen (secondary N) is 1. The number of rotatable bonds is 4. The molecule has 7 nitrogen and oxygen atoms in total. The fourth-order valence-electron chi connectivity index (χ4n) is 4.56. The molecular formula is C20H31N5O2. The highest BCUT2D eigenvalue weighted by Crippen LogP contribution is 2.23. The van der Waals surface area contributed by atoms with Gasteiger partial charge in [-0.3, -0.25) is 14.7 Å². The quantitative estimate of drug-likeness (QED) is 0.867. The van der Waals surface area contributed by atoms with Crippen molar-refractivity contribution >= 4 is 11.8 Å². The van der Waals surface area contributed by atoms with Crippen LogP contribution >= 0.6 is 0 Å². The zero-order valence-electron chi connectivity index (χ0n) is 16.2. The second-order valence-electron chi connectivity index (χ2n) is 8.06. The highest BCUT2D eigenvalue weighted by Gasteiger charge is 2.29. The van der Waals surface area contributed by atoms with E-state index < -0.39 is 0 Å². The second-order valence-corrected chi connectivity index (χ2v) is 8.06. The molecule has 4 rings (SSSR count). The van der Waals surface area contributed by atoms with E-state index in [1.165, 1.54) is 19.3 Å². The van der Waals surface area contributed by atoms with Crippen LogP contribution in [-0.4, -0.2) is 82.5 Å². The molecule has 0 aromatic carbocycles. The number of likely N-dealkylation sites (tertiary alicyclic amines) is 1. The third-order valence-electron chi connectivity index (χ3n) is 6.27. The molecule has 3 heterocycles. The van der Waals surface area contributed by atoms with Crippen LogP contribution in [-0.2, 0) is 17.6 Å². The Morgan fingerprint density at radius 1 is 0.889 bits per heavy atom. The van der Waals surface area contributed by atoms with E-state index in [1.807, 2.05) is 9.80 Å². The van der Waals surface area contributed by atoms with Crippen LogP contribution in [0.2, 0.25) is 0 Å². The summed E-state index contributed by atoms with van der Waals surface area (Å²) < 4.78 is 0. The van der Waals surface area contributed by atoms with Crippen LogP contribution in [0.4, 0.5) is 0 Å². The Kier molecular flexibility index (Phi) is 5.76. The molecule has 1 aromatic rings. The number of piperidine rings is 1. The van der Waals surface area contributed by atoms with Crippen LogP contribution in [0.3, 0.4) is 0 Å². The van der Waals surface area contributed by atoms with Crippen molar-refractivity contribution in [2.24, 2.45) is 0 Å². The molecule has 1 N–H and O–H groups in total. The lowest BCUT2D eigenvalue weighted by Gasteiger charge is -2.29. The van der Waals surface area contributed by atoms with Crippen LogP contribution < -0.4 is 0 Å². The normalized spacial score (nSPS) is 21.9. The SMILES string of the molecule is O=C1CCN(C(=O)c2n[nH]c3c2CCCC3)CCN1CCN1CCCCC1. The number of hydrogen-bond acceptors (Lipinski definition) is 4. The van der Waals surface area contributed by atoms with Crippen LogP contribution in [0, 0.1) is 0 Å². The van der Waals surface area contributed by atoms with Crippen molar-refractivity contribution in [1.29, 1.82) is 0 Å². The fourth-order valence-corrected chi connectivity index (χ4v) is 4.56. The summed E-state index contributed by atoms with van der Waals surface area (Å²) >= 11 is 0. The average Bonchev–Trinajstić information content (AvgIpc) is 3.05. The van der Waals surface area contributed by atoms with E-state index in [2.05, 4.69) is 15.1 Å². The molecule has 3 aliphatic rings. The van der Waals surface area contributed by atoms with E-state index >= 15 is 0 Å². The maximum absolute atomic E-state index is 13.0. The number of hydrogen-bond donors (Lipinski definition) is 1. The topological polar surface area (TPSA) is 72.5 Å². The molecule has 1 aliphatic carbocycles. The first kappa shape index (κ1) is 18.5. The lowest BCUT2D eigenvalue weighted by Crippen LogP contribution is -2.41. The molecule has 7 heteroatoms. The molecule has 2 aliphatic heterocycles. The van der Waals surface area contributed by atoms with Crippen LogP contribution in [0.5, 0.6) is 0 Å². The van der Waals surface area contributed by atoms with Gasteiger partial charge in [-0.1, -0.05) is 6.42 Å². The molecular weight excluding hydrogens is 342 g/mol. The van der Waals surface area contributed by atoms with Gasteiger partial charge in [-0.25, -0.2) is 0 Å². The minimum Gasteiger partial charge on any atom is -0.340 e. The number of carbonyl (C=O) groups is 2. The van der Waals surface area contributed by atoms with Gasteiger partial charge in [0.25, 0.3) is 5.91 Å². The van der Waals surface area contributed by atoms with E-state index in [0.717, 1.165) is 63.1 Å². The Morgan fingerprint density at radius 3 is 2.56 bits per heavy atom. The van der Waals surface area contributed by atoms with Crippen molar-refractivity contribution in [2.75, 3.05) is 45.8 Å².